The van der Waals surface area contributed by atoms with Crippen molar-refractivity contribution in [3.8, 4) is 0 Å². The van der Waals surface area contributed by atoms with Gasteiger partial charge in [-0.15, -0.1) is 0 Å². The molecular weight excluding hydrogens is 332 g/mol. The first-order valence-corrected chi connectivity index (χ1v) is 9.80. The third kappa shape index (κ3) is 7.33. The second kappa shape index (κ2) is 11.9. The minimum atomic E-state index is 0.663. The molecule has 1 saturated heterocycles. The molecule has 1 aromatic rings. The highest BCUT2D eigenvalue weighted by molar-refractivity contribution is 5.79. The number of aryl methyl sites for hydroxylation is 2. The number of nitrogens with zero attached hydrogens (tertiary/aromatic N) is 2. The predicted octanol–water partition coefficient (Wildman–Crippen LogP) is 2.22. The fourth-order valence-corrected chi connectivity index (χ4v) is 3.03. The summed E-state index contributed by atoms with van der Waals surface area (Å²) >= 11 is 0. The van der Waals surface area contributed by atoms with Crippen molar-refractivity contribution in [2.75, 3.05) is 46.1 Å². The minimum Gasteiger partial charge on any atom is -0.381 e. The third-order valence-electron chi connectivity index (χ3n) is 4.60. The van der Waals surface area contributed by atoms with Crippen LogP contribution in [0, 0.1) is 19.8 Å². The minimum absolute atomic E-state index is 0.663. The van der Waals surface area contributed by atoms with Crippen LogP contribution in [0.15, 0.2) is 9.52 Å². The average molecular weight is 367 g/mol. The van der Waals surface area contributed by atoms with Crippen molar-refractivity contribution in [1.29, 1.82) is 0 Å². The molecule has 0 spiro atoms. The molecular formula is C19H34N4O3. The van der Waals surface area contributed by atoms with Crippen molar-refractivity contribution in [2.45, 2.75) is 46.5 Å². The molecule has 0 bridgehead atoms. The van der Waals surface area contributed by atoms with Gasteiger partial charge >= 0.3 is 0 Å². The Bertz CT molecular complexity index is 519. The number of hydrogen-bond acceptors (Lipinski definition) is 5. The maximum Gasteiger partial charge on any atom is 0.191 e. The van der Waals surface area contributed by atoms with Gasteiger partial charge in [-0.05, 0) is 52.4 Å². The molecule has 2 N–H and O–H groups in total. The van der Waals surface area contributed by atoms with Gasteiger partial charge in [0.2, 0.25) is 0 Å². The molecule has 0 unspecified atom stereocenters. The van der Waals surface area contributed by atoms with E-state index in [0.717, 1.165) is 89.2 Å². The summed E-state index contributed by atoms with van der Waals surface area (Å²) in [5, 5.41) is 10.6. The SMILES string of the molecule is CCNC(=NCCCOCC1CCOCC1)NCCc1c(C)noc1C. The molecule has 2 heterocycles. The molecule has 2 rings (SSSR count). The van der Waals surface area contributed by atoms with E-state index in [0.29, 0.717) is 5.92 Å². The summed E-state index contributed by atoms with van der Waals surface area (Å²) in [7, 11) is 0. The zero-order chi connectivity index (χ0) is 18.6. The number of aliphatic imine (C=N–C) groups is 1. The van der Waals surface area contributed by atoms with Crippen LogP contribution in [0.2, 0.25) is 0 Å². The Kier molecular flexibility index (Phi) is 9.48. The van der Waals surface area contributed by atoms with Crippen LogP contribution in [0.1, 0.15) is 43.2 Å². The Morgan fingerprint density at radius 3 is 2.77 bits per heavy atom. The number of rotatable bonds is 10. The highest BCUT2D eigenvalue weighted by Crippen LogP contribution is 2.14. The maximum absolute atomic E-state index is 5.79. The van der Waals surface area contributed by atoms with Gasteiger partial charge in [0.25, 0.3) is 0 Å². The van der Waals surface area contributed by atoms with Crippen LogP contribution in [0.5, 0.6) is 0 Å². The van der Waals surface area contributed by atoms with E-state index in [1.165, 1.54) is 5.56 Å². The monoisotopic (exact) mass is 366 g/mol. The molecule has 0 aliphatic carbocycles. The second-order valence-electron chi connectivity index (χ2n) is 6.72. The van der Waals surface area contributed by atoms with E-state index in [-0.39, 0.29) is 0 Å². The van der Waals surface area contributed by atoms with E-state index in [1.807, 2.05) is 13.8 Å². The van der Waals surface area contributed by atoms with E-state index in [1.54, 1.807) is 0 Å². The summed E-state index contributed by atoms with van der Waals surface area (Å²) in [6.07, 6.45) is 4.05. The first-order chi connectivity index (χ1) is 12.7. The highest BCUT2D eigenvalue weighted by Gasteiger charge is 2.13. The summed E-state index contributed by atoms with van der Waals surface area (Å²) in [5.41, 5.74) is 2.14. The van der Waals surface area contributed by atoms with Gasteiger partial charge in [-0.2, -0.15) is 0 Å². The first-order valence-electron chi connectivity index (χ1n) is 9.80. The average Bonchev–Trinajstić information content (AvgIpc) is 2.97. The molecule has 7 heteroatoms. The van der Waals surface area contributed by atoms with Crippen LogP contribution < -0.4 is 10.6 Å². The molecule has 26 heavy (non-hydrogen) atoms. The molecule has 0 amide bonds. The van der Waals surface area contributed by atoms with E-state index in [2.05, 4.69) is 27.7 Å². The molecule has 1 aliphatic heterocycles. The van der Waals surface area contributed by atoms with Crippen LogP contribution in [0.25, 0.3) is 0 Å². The lowest BCUT2D eigenvalue weighted by Gasteiger charge is -2.21. The number of guanidine groups is 1. The van der Waals surface area contributed by atoms with Gasteiger partial charge in [0, 0.05) is 51.6 Å². The van der Waals surface area contributed by atoms with Gasteiger partial charge in [0.1, 0.15) is 5.76 Å². The molecule has 0 aromatic carbocycles. The molecule has 1 aromatic heterocycles. The number of aromatic nitrogens is 1. The van der Waals surface area contributed by atoms with Crippen molar-refractivity contribution in [3.63, 3.8) is 0 Å². The Hall–Kier alpha value is -1.60. The lowest BCUT2D eigenvalue weighted by molar-refractivity contribution is 0.0205. The summed E-state index contributed by atoms with van der Waals surface area (Å²) < 4.78 is 16.4. The summed E-state index contributed by atoms with van der Waals surface area (Å²) in [6.45, 7) is 11.8. The number of ether oxygens (including phenoxy) is 2. The van der Waals surface area contributed by atoms with Crippen molar-refractivity contribution in [1.82, 2.24) is 15.8 Å². The summed E-state index contributed by atoms with van der Waals surface area (Å²) in [4.78, 5) is 4.62. The largest absolute Gasteiger partial charge is 0.381 e. The van der Waals surface area contributed by atoms with Crippen LogP contribution in [0.4, 0.5) is 0 Å². The molecule has 1 aliphatic rings. The van der Waals surface area contributed by atoms with Crippen molar-refractivity contribution < 1.29 is 14.0 Å². The van der Waals surface area contributed by atoms with Crippen molar-refractivity contribution >= 4 is 5.96 Å². The highest BCUT2D eigenvalue weighted by atomic mass is 16.5. The lowest BCUT2D eigenvalue weighted by Crippen LogP contribution is -2.38. The summed E-state index contributed by atoms with van der Waals surface area (Å²) in [6, 6.07) is 0. The Labute approximate surface area is 156 Å². The number of hydrogen-bond donors (Lipinski definition) is 2. The Morgan fingerprint density at radius 2 is 2.08 bits per heavy atom. The van der Waals surface area contributed by atoms with Gasteiger partial charge < -0.3 is 24.6 Å². The zero-order valence-electron chi connectivity index (χ0n) is 16.5. The van der Waals surface area contributed by atoms with E-state index >= 15 is 0 Å². The molecule has 0 saturated carbocycles. The molecule has 1 fully saturated rings. The quantitative estimate of drug-likeness (QED) is 0.375. The van der Waals surface area contributed by atoms with E-state index in [4.69, 9.17) is 14.0 Å². The fourth-order valence-electron chi connectivity index (χ4n) is 3.03. The standard InChI is InChI=1S/C19H34N4O3/c1-4-20-19(22-10-6-18-15(2)23-26-16(18)3)21-9-5-11-25-14-17-7-12-24-13-8-17/h17H,4-14H2,1-3H3,(H2,20,21,22). The summed E-state index contributed by atoms with van der Waals surface area (Å²) in [5.74, 6) is 2.41. The number of nitrogens with one attached hydrogen (secondary N) is 2. The topological polar surface area (TPSA) is 80.9 Å². The normalized spacial score (nSPS) is 16.0. The van der Waals surface area contributed by atoms with Crippen LogP contribution >= 0.6 is 0 Å². The lowest BCUT2D eigenvalue weighted by atomic mass is 10.0. The maximum atomic E-state index is 5.79. The smallest absolute Gasteiger partial charge is 0.191 e. The molecule has 0 radical (unpaired) electrons. The van der Waals surface area contributed by atoms with E-state index < -0.39 is 0 Å². The Morgan fingerprint density at radius 1 is 1.27 bits per heavy atom. The van der Waals surface area contributed by atoms with Crippen molar-refractivity contribution in [3.05, 3.63) is 17.0 Å². The fraction of sp³-hybridized carbons (Fsp3) is 0.789. The van der Waals surface area contributed by atoms with Gasteiger partial charge in [0.15, 0.2) is 5.96 Å². The Balaban J connectivity index is 1.61. The van der Waals surface area contributed by atoms with Gasteiger partial charge in [-0.25, -0.2) is 0 Å². The third-order valence-corrected chi connectivity index (χ3v) is 4.60. The van der Waals surface area contributed by atoms with Crippen LogP contribution in [-0.2, 0) is 15.9 Å². The zero-order valence-corrected chi connectivity index (χ0v) is 16.5. The van der Waals surface area contributed by atoms with Gasteiger partial charge in [0.05, 0.1) is 5.69 Å². The first kappa shape index (κ1) is 20.7. The van der Waals surface area contributed by atoms with Crippen LogP contribution in [0.3, 0.4) is 0 Å². The predicted molar refractivity (Wildman–Crippen MR) is 103 cm³/mol. The van der Waals surface area contributed by atoms with E-state index in [9.17, 15) is 0 Å². The van der Waals surface area contributed by atoms with Gasteiger partial charge in [-0.1, -0.05) is 5.16 Å². The molecule has 7 nitrogen and oxygen atoms in total. The van der Waals surface area contributed by atoms with Gasteiger partial charge in [-0.3, -0.25) is 4.99 Å². The van der Waals surface area contributed by atoms with Crippen molar-refractivity contribution in [2.24, 2.45) is 10.9 Å². The van der Waals surface area contributed by atoms with Crippen LogP contribution in [-0.4, -0.2) is 57.2 Å². The second-order valence-corrected chi connectivity index (χ2v) is 6.72. The molecule has 0 atom stereocenters. The molecule has 148 valence electrons.